The van der Waals surface area contributed by atoms with Gasteiger partial charge in [0.05, 0.1) is 5.56 Å². The maximum atomic E-state index is 13.2. The Bertz CT molecular complexity index is 520. The Morgan fingerprint density at radius 3 is 2.75 bits per heavy atom. The monoisotopic (exact) mass is 283 g/mol. The van der Waals surface area contributed by atoms with E-state index in [-0.39, 0.29) is 29.6 Å². The molecule has 1 aromatic rings. The largest absolute Gasteiger partial charge is 0.507 e. The Morgan fingerprint density at radius 1 is 1.55 bits per heavy atom. The summed E-state index contributed by atoms with van der Waals surface area (Å²) in [6.45, 7) is 3.97. The van der Waals surface area contributed by atoms with Gasteiger partial charge < -0.3 is 20.9 Å². The number of oxime groups is 1. The smallest absolute Gasteiger partial charge is 0.257 e. The van der Waals surface area contributed by atoms with Crippen molar-refractivity contribution in [2.45, 2.75) is 13.8 Å². The molecule has 20 heavy (non-hydrogen) atoms. The van der Waals surface area contributed by atoms with Crippen molar-refractivity contribution < 1.29 is 19.5 Å². The van der Waals surface area contributed by atoms with Gasteiger partial charge in [0.2, 0.25) is 0 Å². The summed E-state index contributed by atoms with van der Waals surface area (Å²) >= 11 is 0. The van der Waals surface area contributed by atoms with Crippen molar-refractivity contribution >= 4 is 11.7 Å². The number of nitrogens with two attached hydrogens (primary N) is 1. The van der Waals surface area contributed by atoms with Gasteiger partial charge in [0, 0.05) is 19.0 Å². The van der Waals surface area contributed by atoms with E-state index < -0.39 is 11.7 Å². The van der Waals surface area contributed by atoms with Gasteiger partial charge in [0.15, 0.2) is 0 Å². The number of carbonyl (C=O) groups excluding carboxylic acids is 1. The third-order valence-corrected chi connectivity index (χ3v) is 2.97. The second kappa shape index (κ2) is 6.74. The first kappa shape index (κ1) is 15.7. The summed E-state index contributed by atoms with van der Waals surface area (Å²) in [5.41, 5.74) is 5.35. The third kappa shape index (κ3) is 3.59. The second-order valence-corrected chi connectivity index (χ2v) is 4.43. The highest BCUT2D eigenvalue weighted by atomic mass is 19.1. The van der Waals surface area contributed by atoms with Crippen LogP contribution in [-0.2, 0) is 0 Å². The average molecular weight is 283 g/mol. The van der Waals surface area contributed by atoms with Crippen molar-refractivity contribution in [2.24, 2.45) is 16.8 Å². The number of aromatic hydroxyl groups is 1. The van der Waals surface area contributed by atoms with Crippen LogP contribution in [0.4, 0.5) is 4.39 Å². The lowest BCUT2D eigenvalue weighted by atomic mass is 10.1. The molecule has 0 heterocycles. The number of nitrogens with zero attached hydrogens (tertiary/aromatic N) is 2. The Balaban J connectivity index is 2.95. The van der Waals surface area contributed by atoms with Crippen molar-refractivity contribution in [3.8, 4) is 5.75 Å². The molecule has 0 radical (unpaired) electrons. The zero-order valence-corrected chi connectivity index (χ0v) is 11.4. The van der Waals surface area contributed by atoms with E-state index in [2.05, 4.69) is 5.16 Å². The minimum absolute atomic E-state index is 0.000265. The molecule has 0 saturated heterocycles. The van der Waals surface area contributed by atoms with E-state index in [1.165, 1.54) is 4.90 Å². The molecule has 0 spiro atoms. The van der Waals surface area contributed by atoms with Crippen LogP contribution < -0.4 is 5.73 Å². The van der Waals surface area contributed by atoms with E-state index in [0.717, 1.165) is 18.2 Å². The lowest BCUT2D eigenvalue weighted by Crippen LogP contribution is -2.38. The minimum Gasteiger partial charge on any atom is -0.507 e. The quantitative estimate of drug-likeness (QED) is 0.329. The summed E-state index contributed by atoms with van der Waals surface area (Å²) in [5, 5.41) is 21.1. The van der Waals surface area contributed by atoms with Crippen LogP contribution in [0.1, 0.15) is 24.2 Å². The summed E-state index contributed by atoms with van der Waals surface area (Å²) < 4.78 is 13.2. The van der Waals surface area contributed by atoms with Gasteiger partial charge in [-0.2, -0.15) is 0 Å². The number of phenolic OH excluding ortho intramolecular Hbond substituents is 1. The second-order valence-electron chi connectivity index (χ2n) is 4.43. The van der Waals surface area contributed by atoms with Gasteiger partial charge in [-0.1, -0.05) is 12.1 Å². The van der Waals surface area contributed by atoms with Crippen molar-refractivity contribution in [1.29, 1.82) is 0 Å². The van der Waals surface area contributed by atoms with E-state index in [1.54, 1.807) is 13.8 Å². The summed E-state index contributed by atoms with van der Waals surface area (Å²) in [4.78, 5) is 13.6. The first-order valence-corrected chi connectivity index (χ1v) is 6.15. The zero-order valence-electron chi connectivity index (χ0n) is 11.4. The molecule has 0 aromatic heterocycles. The molecule has 6 nitrogen and oxygen atoms in total. The molecule has 0 aliphatic carbocycles. The number of hydrogen-bond acceptors (Lipinski definition) is 4. The number of carbonyl (C=O) groups is 1. The first-order valence-electron chi connectivity index (χ1n) is 6.15. The van der Waals surface area contributed by atoms with Crippen LogP contribution in [0.2, 0.25) is 0 Å². The lowest BCUT2D eigenvalue weighted by molar-refractivity contribution is 0.0750. The molecule has 1 atom stereocenters. The standard InChI is InChI=1S/C13H18FN3O3/c1-3-17(7-8(2)12(15)16-20)13(19)10-6-9(14)4-5-11(10)18/h4-6,8,18,20H,3,7H2,1-2H3,(H2,15,16). The topological polar surface area (TPSA) is 99.1 Å². The maximum Gasteiger partial charge on any atom is 0.257 e. The van der Waals surface area contributed by atoms with E-state index in [4.69, 9.17) is 10.9 Å². The van der Waals surface area contributed by atoms with Crippen molar-refractivity contribution in [3.63, 3.8) is 0 Å². The highest BCUT2D eigenvalue weighted by molar-refractivity contribution is 5.97. The number of hydrogen-bond donors (Lipinski definition) is 3. The van der Waals surface area contributed by atoms with E-state index in [0.29, 0.717) is 6.54 Å². The zero-order chi connectivity index (χ0) is 15.3. The summed E-state index contributed by atoms with van der Waals surface area (Å²) in [6.07, 6.45) is 0. The van der Waals surface area contributed by atoms with Crippen LogP contribution in [0.3, 0.4) is 0 Å². The third-order valence-electron chi connectivity index (χ3n) is 2.97. The molecule has 0 aliphatic heterocycles. The molecule has 0 aliphatic rings. The molecule has 1 amide bonds. The SMILES string of the molecule is CCN(CC(C)/C(N)=N/O)C(=O)c1cc(F)ccc1O. The number of amides is 1. The minimum atomic E-state index is -0.605. The fourth-order valence-corrected chi connectivity index (χ4v) is 1.73. The molecular formula is C13H18FN3O3. The van der Waals surface area contributed by atoms with Gasteiger partial charge in [-0.25, -0.2) is 4.39 Å². The Hall–Kier alpha value is -2.31. The number of halogens is 1. The Morgan fingerprint density at radius 2 is 2.20 bits per heavy atom. The number of amidine groups is 1. The molecule has 7 heteroatoms. The van der Waals surface area contributed by atoms with Gasteiger partial charge in [0.25, 0.3) is 5.91 Å². The molecule has 110 valence electrons. The van der Waals surface area contributed by atoms with Crippen molar-refractivity contribution in [1.82, 2.24) is 4.90 Å². The molecule has 1 rings (SSSR count). The predicted molar refractivity (Wildman–Crippen MR) is 72.2 cm³/mol. The first-order chi connectivity index (χ1) is 9.40. The molecule has 0 fully saturated rings. The van der Waals surface area contributed by atoms with Crippen LogP contribution in [0.25, 0.3) is 0 Å². The van der Waals surface area contributed by atoms with Crippen LogP contribution in [0.15, 0.2) is 23.4 Å². The highest BCUT2D eigenvalue weighted by Gasteiger charge is 2.21. The number of benzene rings is 1. The normalized spacial score (nSPS) is 13.1. The van der Waals surface area contributed by atoms with Crippen LogP contribution in [-0.4, -0.2) is 40.0 Å². The van der Waals surface area contributed by atoms with Crippen molar-refractivity contribution in [2.75, 3.05) is 13.1 Å². The lowest BCUT2D eigenvalue weighted by Gasteiger charge is -2.24. The van der Waals surface area contributed by atoms with Crippen LogP contribution in [0.5, 0.6) is 5.75 Å². The van der Waals surface area contributed by atoms with Gasteiger partial charge in [-0.05, 0) is 25.1 Å². The number of phenols is 1. The van der Waals surface area contributed by atoms with Crippen molar-refractivity contribution in [3.05, 3.63) is 29.6 Å². The van der Waals surface area contributed by atoms with Gasteiger partial charge in [-0.15, -0.1) is 0 Å². The average Bonchev–Trinajstić information content (AvgIpc) is 2.45. The molecular weight excluding hydrogens is 265 g/mol. The molecule has 4 N–H and O–H groups in total. The fraction of sp³-hybridized carbons (Fsp3) is 0.385. The Kier molecular flexibility index (Phi) is 5.31. The van der Waals surface area contributed by atoms with Crippen LogP contribution in [0, 0.1) is 11.7 Å². The molecule has 1 unspecified atom stereocenters. The summed E-state index contributed by atoms with van der Waals surface area (Å²) in [6, 6.07) is 3.18. The number of rotatable bonds is 5. The summed E-state index contributed by atoms with van der Waals surface area (Å²) in [7, 11) is 0. The fourth-order valence-electron chi connectivity index (χ4n) is 1.73. The Labute approximate surface area is 116 Å². The molecule has 0 bridgehead atoms. The predicted octanol–water partition coefficient (Wildman–Crippen LogP) is 1.38. The molecule has 1 aromatic carbocycles. The van der Waals surface area contributed by atoms with E-state index in [1.807, 2.05) is 0 Å². The van der Waals surface area contributed by atoms with Gasteiger partial charge in [0.1, 0.15) is 17.4 Å². The van der Waals surface area contributed by atoms with Gasteiger partial charge >= 0.3 is 0 Å². The summed E-state index contributed by atoms with van der Waals surface area (Å²) in [5.74, 6) is -1.76. The maximum absolute atomic E-state index is 13.2. The van der Waals surface area contributed by atoms with Crippen LogP contribution >= 0.6 is 0 Å². The van der Waals surface area contributed by atoms with E-state index >= 15 is 0 Å². The highest BCUT2D eigenvalue weighted by Crippen LogP contribution is 2.20. The van der Waals surface area contributed by atoms with E-state index in [9.17, 15) is 14.3 Å². The molecule has 0 saturated carbocycles. The van der Waals surface area contributed by atoms with Gasteiger partial charge in [-0.3, -0.25) is 4.79 Å².